The number of aromatic hydroxyl groups is 1. The summed E-state index contributed by atoms with van der Waals surface area (Å²) < 4.78 is 0. The standard InChI is InChI=1S/C19H22N2O2/c1-14-11-16(13-22)12-15(2)19(14)21-9-7-20(8-10-21)17-3-5-18(23)6-4-17/h3-6,11-13,23H,7-10H2,1-2H3. The second-order valence-corrected chi connectivity index (χ2v) is 6.11. The fourth-order valence-corrected chi connectivity index (χ4v) is 3.41. The Labute approximate surface area is 137 Å². The molecule has 4 heteroatoms. The number of piperazine rings is 1. The first-order valence-corrected chi connectivity index (χ1v) is 7.94. The number of phenolic OH excluding ortho intramolecular Hbond substituents is 1. The number of nitrogens with zero attached hydrogens (tertiary/aromatic N) is 2. The molecule has 0 bridgehead atoms. The molecule has 2 aromatic rings. The SMILES string of the molecule is Cc1cc(C=O)cc(C)c1N1CCN(c2ccc(O)cc2)CC1. The Morgan fingerprint density at radius 3 is 1.96 bits per heavy atom. The third-order valence-corrected chi connectivity index (χ3v) is 4.46. The predicted molar refractivity (Wildman–Crippen MR) is 93.8 cm³/mol. The molecule has 2 aromatic carbocycles. The number of rotatable bonds is 3. The van der Waals surface area contributed by atoms with Gasteiger partial charge in [0.15, 0.2) is 0 Å². The first-order chi connectivity index (χ1) is 11.1. The average Bonchev–Trinajstić information content (AvgIpc) is 2.55. The van der Waals surface area contributed by atoms with Crippen LogP contribution in [0, 0.1) is 13.8 Å². The van der Waals surface area contributed by atoms with Crippen LogP contribution in [0.1, 0.15) is 21.5 Å². The van der Waals surface area contributed by atoms with E-state index in [1.165, 1.54) is 5.69 Å². The Morgan fingerprint density at radius 1 is 0.913 bits per heavy atom. The molecule has 1 N–H and O–H groups in total. The number of aryl methyl sites for hydroxylation is 2. The molecular formula is C19H22N2O2. The largest absolute Gasteiger partial charge is 0.508 e. The van der Waals surface area contributed by atoms with Gasteiger partial charge in [0, 0.05) is 43.1 Å². The molecule has 1 fully saturated rings. The van der Waals surface area contributed by atoms with E-state index in [2.05, 4.69) is 23.6 Å². The summed E-state index contributed by atoms with van der Waals surface area (Å²) >= 11 is 0. The van der Waals surface area contributed by atoms with E-state index in [1.54, 1.807) is 12.1 Å². The minimum atomic E-state index is 0.300. The van der Waals surface area contributed by atoms with Gasteiger partial charge in [0.25, 0.3) is 0 Å². The lowest BCUT2D eigenvalue weighted by Crippen LogP contribution is -2.47. The Balaban J connectivity index is 1.74. The summed E-state index contributed by atoms with van der Waals surface area (Å²) in [5.74, 6) is 0.300. The summed E-state index contributed by atoms with van der Waals surface area (Å²) in [6.45, 7) is 7.92. The third kappa shape index (κ3) is 3.16. The zero-order valence-corrected chi connectivity index (χ0v) is 13.6. The molecule has 120 valence electrons. The monoisotopic (exact) mass is 310 g/mol. The van der Waals surface area contributed by atoms with E-state index < -0.39 is 0 Å². The van der Waals surface area contributed by atoms with E-state index in [0.717, 1.165) is 54.8 Å². The topological polar surface area (TPSA) is 43.8 Å². The van der Waals surface area contributed by atoms with Gasteiger partial charge in [0.05, 0.1) is 0 Å². The second kappa shape index (κ2) is 6.32. The third-order valence-electron chi connectivity index (χ3n) is 4.46. The van der Waals surface area contributed by atoms with Gasteiger partial charge < -0.3 is 14.9 Å². The highest BCUT2D eigenvalue weighted by Gasteiger charge is 2.20. The number of hydrogen-bond donors (Lipinski definition) is 1. The van der Waals surface area contributed by atoms with Gasteiger partial charge in [-0.15, -0.1) is 0 Å². The van der Waals surface area contributed by atoms with E-state index in [4.69, 9.17) is 0 Å². The summed E-state index contributed by atoms with van der Waals surface area (Å²) in [5, 5.41) is 9.40. The summed E-state index contributed by atoms with van der Waals surface area (Å²) in [4.78, 5) is 15.7. The van der Waals surface area contributed by atoms with Crippen LogP contribution in [0.25, 0.3) is 0 Å². The van der Waals surface area contributed by atoms with Crippen molar-refractivity contribution in [3.8, 4) is 5.75 Å². The van der Waals surface area contributed by atoms with Crippen molar-refractivity contribution >= 4 is 17.7 Å². The van der Waals surface area contributed by atoms with E-state index >= 15 is 0 Å². The van der Waals surface area contributed by atoms with Crippen LogP contribution in [0.3, 0.4) is 0 Å². The molecule has 0 aromatic heterocycles. The molecule has 0 unspecified atom stereocenters. The van der Waals surface area contributed by atoms with Gasteiger partial charge in [0.1, 0.15) is 12.0 Å². The molecule has 1 saturated heterocycles. The lowest BCUT2D eigenvalue weighted by Gasteiger charge is -2.38. The molecule has 1 heterocycles. The van der Waals surface area contributed by atoms with Crippen LogP contribution in [-0.2, 0) is 0 Å². The molecular weight excluding hydrogens is 288 g/mol. The van der Waals surface area contributed by atoms with Crippen molar-refractivity contribution in [2.75, 3.05) is 36.0 Å². The maximum Gasteiger partial charge on any atom is 0.150 e. The lowest BCUT2D eigenvalue weighted by atomic mass is 10.0. The highest BCUT2D eigenvalue weighted by Crippen LogP contribution is 2.28. The van der Waals surface area contributed by atoms with Gasteiger partial charge in [-0.25, -0.2) is 0 Å². The molecule has 0 radical (unpaired) electrons. The van der Waals surface area contributed by atoms with Crippen molar-refractivity contribution in [3.05, 3.63) is 53.1 Å². The van der Waals surface area contributed by atoms with Gasteiger partial charge >= 0.3 is 0 Å². The van der Waals surface area contributed by atoms with Crippen LogP contribution in [-0.4, -0.2) is 37.6 Å². The van der Waals surface area contributed by atoms with Gasteiger partial charge in [-0.05, 0) is 61.4 Å². The smallest absolute Gasteiger partial charge is 0.150 e. The van der Waals surface area contributed by atoms with Crippen molar-refractivity contribution in [1.29, 1.82) is 0 Å². The number of benzene rings is 2. The zero-order chi connectivity index (χ0) is 16.4. The van der Waals surface area contributed by atoms with Crippen molar-refractivity contribution in [2.24, 2.45) is 0 Å². The second-order valence-electron chi connectivity index (χ2n) is 6.11. The molecule has 4 nitrogen and oxygen atoms in total. The van der Waals surface area contributed by atoms with E-state index in [1.807, 2.05) is 24.3 Å². The van der Waals surface area contributed by atoms with Gasteiger partial charge in [0.2, 0.25) is 0 Å². The molecule has 0 atom stereocenters. The first-order valence-electron chi connectivity index (χ1n) is 7.94. The molecule has 1 aliphatic rings. The van der Waals surface area contributed by atoms with Gasteiger partial charge in [-0.2, -0.15) is 0 Å². The normalized spacial score (nSPS) is 14.9. The van der Waals surface area contributed by atoms with E-state index in [-0.39, 0.29) is 0 Å². The van der Waals surface area contributed by atoms with Crippen LogP contribution < -0.4 is 9.80 Å². The highest BCUT2D eigenvalue weighted by molar-refractivity contribution is 5.78. The molecule has 23 heavy (non-hydrogen) atoms. The number of carbonyl (C=O) groups is 1. The maximum atomic E-state index is 11.0. The summed E-state index contributed by atoms with van der Waals surface area (Å²) in [7, 11) is 0. The Morgan fingerprint density at radius 2 is 1.43 bits per heavy atom. The molecule has 0 spiro atoms. The fourth-order valence-electron chi connectivity index (χ4n) is 3.41. The van der Waals surface area contributed by atoms with Crippen LogP contribution in [0.5, 0.6) is 5.75 Å². The minimum Gasteiger partial charge on any atom is -0.508 e. The van der Waals surface area contributed by atoms with Crippen molar-refractivity contribution in [3.63, 3.8) is 0 Å². The summed E-state index contributed by atoms with van der Waals surface area (Å²) in [6.07, 6.45) is 0.909. The number of phenols is 1. The van der Waals surface area contributed by atoms with Gasteiger partial charge in [-0.1, -0.05) is 0 Å². The molecule has 0 saturated carbocycles. The maximum absolute atomic E-state index is 11.0. The zero-order valence-electron chi connectivity index (χ0n) is 13.6. The number of hydrogen-bond acceptors (Lipinski definition) is 4. The number of carbonyl (C=O) groups excluding carboxylic acids is 1. The van der Waals surface area contributed by atoms with Crippen LogP contribution in [0.15, 0.2) is 36.4 Å². The summed E-state index contributed by atoms with van der Waals surface area (Å²) in [6, 6.07) is 11.3. The number of anilines is 2. The first kappa shape index (κ1) is 15.4. The quantitative estimate of drug-likeness (QED) is 0.885. The van der Waals surface area contributed by atoms with Crippen LogP contribution in [0.2, 0.25) is 0 Å². The summed E-state index contributed by atoms with van der Waals surface area (Å²) in [5.41, 5.74) is 5.45. The van der Waals surface area contributed by atoms with E-state index in [0.29, 0.717) is 5.75 Å². The predicted octanol–water partition coefficient (Wildman–Crippen LogP) is 3.15. The molecule has 0 aliphatic carbocycles. The molecule has 3 rings (SSSR count). The Bertz CT molecular complexity index is 679. The van der Waals surface area contributed by atoms with Crippen LogP contribution in [0.4, 0.5) is 11.4 Å². The van der Waals surface area contributed by atoms with Crippen molar-refractivity contribution in [2.45, 2.75) is 13.8 Å². The van der Waals surface area contributed by atoms with Crippen molar-refractivity contribution in [1.82, 2.24) is 0 Å². The van der Waals surface area contributed by atoms with E-state index in [9.17, 15) is 9.90 Å². The number of aldehydes is 1. The van der Waals surface area contributed by atoms with Crippen LogP contribution >= 0.6 is 0 Å². The Hall–Kier alpha value is -2.49. The average molecular weight is 310 g/mol. The lowest BCUT2D eigenvalue weighted by molar-refractivity contribution is 0.112. The fraction of sp³-hybridized carbons (Fsp3) is 0.316. The van der Waals surface area contributed by atoms with Gasteiger partial charge in [-0.3, -0.25) is 4.79 Å². The van der Waals surface area contributed by atoms with Crippen molar-refractivity contribution < 1.29 is 9.90 Å². The minimum absolute atomic E-state index is 0.300. The molecule has 0 amide bonds. The Kier molecular flexibility index (Phi) is 4.24. The highest BCUT2D eigenvalue weighted by atomic mass is 16.3. The molecule has 1 aliphatic heterocycles.